The van der Waals surface area contributed by atoms with E-state index in [0.717, 1.165) is 36.1 Å². The molecule has 1 N–H and O–H groups in total. The van der Waals surface area contributed by atoms with Crippen LogP contribution in [-0.2, 0) is 14.3 Å². The van der Waals surface area contributed by atoms with Gasteiger partial charge in [0.15, 0.2) is 0 Å². The molecule has 0 spiro atoms. The molecule has 7 nitrogen and oxygen atoms in total. The number of aliphatic hydroxyl groups is 1. The standard InChI is InChI=1S/C29H37NO6/c1-5-7-8-18-36-23-13-10-21(11-14-23)26-25(28(32)29(33)30(26)16-9-17-34-4)27(31)22-12-15-24(35-6-2)20(3)19-22/h10-15,19,26,31H,5-9,16-18H2,1-4H3/b27-25+. The number of nitrogens with zero attached hydrogens (tertiary/aromatic N) is 1. The molecule has 194 valence electrons. The Balaban J connectivity index is 1.99. The van der Waals surface area contributed by atoms with Gasteiger partial charge in [-0.1, -0.05) is 31.9 Å². The van der Waals surface area contributed by atoms with Crippen molar-refractivity contribution in [1.82, 2.24) is 4.90 Å². The number of methoxy groups -OCH3 is 1. The van der Waals surface area contributed by atoms with Crippen LogP contribution in [0.1, 0.15) is 62.3 Å². The molecule has 0 aromatic heterocycles. The van der Waals surface area contributed by atoms with Gasteiger partial charge in [-0.3, -0.25) is 9.59 Å². The van der Waals surface area contributed by atoms with E-state index < -0.39 is 17.7 Å². The predicted octanol–water partition coefficient (Wildman–Crippen LogP) is 5.42. The summed E-state index contributed by atoms with van der Waals surface area (Å²) in [6.45, 7) is 7.88. The van der Waals surface area contributed by atoms with Crippen molar-refractivity contribution < 1.29 is 28.9 Å². The summed E-state index contributed by atoms with van der Waals surface area (Å²) in [6.07, 6.45) is 3.79. The Labute approximate surface area is 213 Å². The molecule has 0 bridgehead atoms. The van der Waals surface area contributed by atoms with Crippen LogP contribution in [0.2, 0.25) is 0 Å². The van der Waals surface area contributed by atoms with E-state index in [1.54, 1.807) is 25.3 Å². The molecule has 7 heteroatoms. The Morgan fingerprint density at radius 1 is 0.972 bits per heavy atom. The number of carbonyl (C=O) groups excluding carboxylic acids is 2. The number of benzene rings is 2. The Kier molecular flexibility index (Phi) is 9.94. The Bertz CT molecular complexity index is 1080. The number of aryl methyl sites for hydroxylation is 1. The summed E-state index contributed by atoms with van der Waals surface area (Å²) < 4.78 is 16.6. The summed E-state index contributed by atoms with van der Waals surface area (Å²) in [5.41, 5.74) is 2.11. The van der Waals surface area contributed by atoms with E-state index in [0.29, 0.717) is 44.1 Å². The molecule has 1 saturated heterocycles. The fourth-order valence-corrected chi connectivity index (χ4v) is 4.39. The van der Waals surface area contributed by atoms with E-state index in [2.05, 4.69) is 6.92 Å². The van der Waals surface area contributed by atoms with E-state index in [9.17, 15) is 14.7 Å². The molecule has 1 aliphatic rings. The number of ether oxygens (including phenoxy) is 3. The summed E-state index contributed by atoms with van der Waals surface area (Å²) >= 11 is 0. The molecular formula is C29H37NO6. The first-order valence-corrected chi connectivity index (χ1v) is 12.7. The number of Topliss-reactive ketones (excluding diaryl/α,β-unsaturated/α-hetero) is 1. The molecule has 1 aliphatic heterocycles. The van der Waals surface area contributed by atoms with Crippen LogP contribution in [0.25, 0.3) is 5.76 Å². The van der Waals surface area contributed by atoms with E-state index in [1.807, 2.05) is 38.1 Å². The molecule has 1 unspecified atom stereocenters. The number of amides is 1. The van der Waals surface area contributed by atoms with E-state index >= 15 is 0 Å². The molecule has 0 aliphatic carbocycles. The monoisotopic (exact) mass is 495 g/mol. The van der Waals surface area contributed by atoms with Crippen molar-refractivity contribution in [1.29, 1.82) is 0 Å². The lowest BCUT2D eigenvalue weighted by Gasteiger charge is -2.25. The zero-order chi connectivity index (χ0) is 26.1. The minimum Gasteiger partial charge on any atom is -0.507 e. The van der Waals surface area contributed by atoms with Gasteiger partial charge in [0.25, 0.3) is 11.7 Å². The van der Waals surface area contributed by atoms with Gasteiger partial charge in [-0.25, -0.2) is 0 Å². The van der Waals surface area contributed by atoms with Gasteiger partial charge >= 0.3 is 0 Å². The third-order valence-corrected chi connectivity index (χ3v) is 6.25. The summed E-state index contributed by atoms with van der Waals surface area (Å²) in [7, 11) is 1.60. The topological polar surface area (TPSA) is 85.3 Å². The summed E-state index contributed by atoms with van der Waals surface area (Å²) in [6, 6.07) is 11.9. The molecule has 0 radical (unpaired) electrons. The van der Waals surface area contributed by atoms with Gasteiger partial charge in [0.2, 0.25) is 0 Å². The van der Waals surface area contributed by atoms with Crippen molar-refractivity contribution in [3.8, 4) is 11.5 Å². The van der Waals surface area contributed by atoms with Crippen molar-refractivity contribution in [2.75, 3.05) is 33.5 Å². The van der Waals surface area contributed by atoms with Gasteiger partial charge in [0.1, 0.15) is 17.3 Å². The zero-order valence-corrected chi connectivity index (χ0v) is 21.7. The first-order chi connectivity index (χ1) is 17.4. The number of rotatable bonds is 13. The van der Waals surface area contributed by atoms with Crippen molar-refractivity contribution >= 4 is 17.4 Å². The lowest BCUT2D eigenvalue weighted by Crippen LogP contribution is -2.31. The number of aliphatic hydroxyl groups excluding tert-OH is 1. The quantitative estimate of drug-likeness (QED) is 0.173. The molecule has 2 aromatic rings. The molecule has 2 aromatic carbocycles. The Morgan fingerprint density at radius 3 is 2.36 bits per heavy atom. The number of hydrogen-bond acceptors (Lipinski definition) is 6. The molecule has 1 atom stereocenters. The molecular weight excluding hydrogens is 458 g/mol. The second kappa shape index (κ2) is 13.1. The van der Waals surface area contributed by atoms with Crippen molar-refractivity contribution in [2.24, 2.45) is 0 Å². The predicted molar refractivity (Wildman–Crippen MR) is 139 cm³/mol. The maximum Gasteiger partial charge on any atom is 0.295 e. The molecule has 1 heterocycles. The van der Waals surface area contributed by atoms with Crippen molar-refractivity contribution in [3.63, 3.8) is 0 Å². The third-order valence-electron chi connectivity index (χ3n) is 6.25. The lowest BCUT2D eigenvalue weighted by atomic mass is 9.94. The molecule has 36 heavy (non-hydrogen) atoms. The molecule has 3 rings (SSSR count). The largest absolute Gasteiger partial charge is 0.507 e. The van der Waals surface area contributed by atoms with Crippen LogP contribution in [-0.4, -0.2) is 55.2 Å². The fourth-order valence-electron chi connectivity index (χ4n) is 4.39. The summed E-state index contributed by atoms with van der Waals surface area (Å²) in [4.78, 5) is 27.8. The van der Waals surface area contributed by atoms with Crippen LogP contribution < -0.4 is 9.47 Å². The minimum atomic E-state index is -0.706. The van der Waals surface area contributed by atoms with Crippen molar-refractivity contribution in [2.45, 2.75) is 52.5 Å². The molecule has 0 saturated carbocycles. The number of ketones is 1. The van der Waals surface area contributed by atoms with Gasteiger partial charge in [-0.15, -0.1) is 0 Å². The number of hydrogen-bond donors (Lipinski definition) is 1. The van der Waals surface area contributed by atoms with Crippen molar-refractivity contribution in [3.05, 3.63) is 64.7 Å². The highest BCUT2D eigenvalue weighted by Crippen LogP contribution is 2.40. The van der Waals surface area contributed by atoms with Crippen LogP contribution in [0.15, 0.2) is 48.0 Å². The van der Waals surface area contributed by atoms with Gasteiger partial charge in [-0.2, -0.15) is 0 Å². The highest BCUT2D eigenvalue weighted by atomic mass is 16.5. The first-order valence-electron chi connectivity index (χ1n) is 12.7. The van der Waals surface area contributed by atoms with E-state index in [1.165, 1.54) is 4.90 Å². The van der Waals surface area contributed by atoms with Crippen LogP contribution >= 0.6 is 0 Å². The minimum absolute atomic E-state index is 0.0811. The number of unbranched alkanes of at least 4 members (excludes halogenated alkanes) is 2. The summed E-state index contributed by atoms with van der Waals surface area (Å²) in [5.74, 6) is -0.0753. The Morgan fingerprint density at radius 2 is 1.72 bits per heavy atom. The smallest absolute Gasteiger partial charge is 0.295 e. The second-order valence-corrected chi connectivity index (χ2v) is 8.88. The SMILES string of the molecule is CCCCCOc1ccc(C2/C(=C(\O)c3ccc(OCC)c(C)c3)C(=O)C(=O)N2CCCOC)cc1. The fraction of sp³-hybridized carbons (Fsp3) is 0.448. The average Bonchev–Trinajstić information content (AvgIpc) is 3.13. The normalized spacial score (nSPS) is 17.0. The molecule has 1 amide bonds. The number of carbonyl (C=O) groups is 2. The average molecular weight is 496 g/mol. The zero-order valence-electron chi connectivity index (χ0n) is 21.7. The Hall–Kier alpha value is -3.32. The second-order valence-electron chi connectivity index (χ2n) is 8.88. The number of likely N-dealkylation sites (tertiary alicyclic amines) is 1. The van der Waals surface area contributed by atoms with Gasteiger partial charge in [0.05, 0.1) is 24.8 Å². The van der Waals surface area contributed by atoms with E-state index in [4.69, 9.17) is 14.2 Å². The first kappa shape index (κ1) is 27.3. The van der Waals surface area contributed by atoms with Gasteiger partial charge in [0, 0.05) is 25.8 Å². The maximum absolute atomic E-state index is 13.2. The van der Waals surface area contributed by atoms with E-state index in [-0.39, 0.29) is 11.3 Å². The van der Waals surface area contributed by atoms with Gasteiger partial charge in [-0.05, 0) is 68.1 Å². The van der Waals surface area contributed by atoms with Crippen LogP contribution in [0.4, 0.5) is 0 Å². The van der Waals surface area contributed by atoms with Crippen LogP contribution in [0, 0.1) is 6.92 Å². The maximum atomic E-state index is 13.2. The van der Waals surface area contributed by atoms with Crippen LogP contribution in [0.5, 0.6) is 11.5 Å². The highest BCUT2D eigenvalue weighted by molar-refractivity contribution is 6.46. The van der Waals surface area contributed by atoms with Crippen LogP contribution in [0.3, 0.4) is 0 Å². The molecule has 1 fully saturated rings. The lowest BCUT2D eigenvalue weighted by molar-refractivity contribution is -0.140. The third kappa shape index (κ3) is 6.26. The highest BCUT2D eigenvalue weighted by Gasteiger charge is 2.45. The summed E-state index contributed by atoms with van der Waals surface area (Å²) in [5, 5.41) is 11.3. The van der Waals surface area contributed by atoms with Gasteiger partial charge < -0.3 is 24.2 Å².